The summed E-state index contributed by atoms with van der Waals surface area (Å²) in [5, 5.41) is -7.70. The van der Waals surface area contributed by atoms with Gasteiger partial charge in [-0.3, -0.25) is 4.55 Å². The summed E-state index contributed by atoms with van der Waals surface area (Å²) in [6.07, 6.45) is -7.75. The number of hydrogen-bond acceptors (Lipinski definition) is 2. The Morgan fingerprint density at radius 3 is 0.926 bits per heavy atom. The molecule has 0 aliphatic heterocycles. The fourth-order valence-electron chi connectivity index (χ4n) is 1.11. The molecule has 3 nitrogen and oxygen atoms in total. The molecule has 0 aromatic rings. The van der Waals surface area contributed by atoms with Crippen LogP contribution in [0.15, 0.2) is 0 Å². The van der Waals surface area contributed by atoms with Crippen molar-refractivity contribution in [1.29, 1.82) is 0 Å². The van der Waals surface area contributed by atoms with Crippen LogP contribution in [0.2, 0.25) is 0 Å². The largest absolute Gasteiger partial charge is 0.460 e. The fourth-order valence-corrected chi connectivity index (χ4v) is 1.57. The predicted octanol–water partition coefficient (Wildman–Crippen LogP) is 3.83. The van der Waals surface area contributed by atoms with E-state index in [1.54, 1.807) is 0 Å². The third-order valence-electron chi connectivity index (χ3n) is 2.62. The molecule has 0 spiro atoms. The minimum absolute atomic E-state index is 0. The van der Waals surface area contributed by atoms with Crippen LogP contribution >= 0.6 is 0 Å². The van der Waals surface area contributed by atoms with Gasteiger partial charge in [-0.05, 0) is 0 Å². The summed E-state index contributed by atoms with van der Waals surface area (Å²) >= 11 is 0. The van der Waals surface area contributed by atoms with E-state index in [0.29, 0.717) is 0 Å². The molecular weight excluding hydrogens is 488 g/mol. The minimum Gasteiger partial charge on any atom is -0.281 e. The van der Waals surface area contributed by atoms with Gasteiger partial charge in [0.05, 0.1) is 0 Å². The summed E-state index contributed by atoms with van der Waals surface area (Å²) in [6.45, 7) is 0. The molecule has 0 aromatic carbocycles. The first-order valence-electron chi connectivity index (χ1n) is 5.05. The van der Waals surface area contributed by atoms with Gasteiger partial charge in [-0.25, -0.2) is 0 Å². The first-order chi connectivity index (χ1) is 10.8. The molecule has 0 unspecified atom stereocenters. The smallest absolute Gasteiger partial charge is 0.281 e. The molecule has 0 saturated heterocycles. The molecule has 0 bridgehead atoms. The second kappa shape index (κ2) is 7.32. The van der Waals surface area contributed by atoms with Gasteiger partial charge in [0, 0.05) is 51.4 Å². The van der Waals surface area contributed by atoms with Gasteiger partial charge in [0.1, 0.15) is 0 Å². The van der Waals surface area contributed by atoms with Crippen molar-refractivity contribution in [3.63, 3.8) is 0 Å². The first-order valence-corrected chi connectivity index (χ1v) is 6.49. The van der Waals surface area contributed by atoms with Crippen molar-refractivity contribution < 1.29 is 78.8 Å². The van der Waals surface area contributed by atoms with Crippen LogP contribution in [0.3, 0.4) is 0 Å². The van der Waals surface area contributed by atoms with Crippen molar-refractivity contribution in [3.8, 4) is 0 Å². The Morgan fingerprint density at radius 2 is 0.704 bits per heavy atom. The number of alkyl halides is 15. The van der Waals surface area contributed by atoms with Crippen molar-refractivity contribution in [1.82, 2.24) is 0 Å². The molecule has 0 saturated carbocycles. The van der Waals surface area contributed by atoms with E-state index in [1.165, 1.54) is 0 Å². The molecule has 0 atom stereocenters. The Morgan fingerprint density at radius 1 is 0.481 bits per heavy atom. The van der Waals surface area contributed by atoms with Crippen LogP contribution in [0.25, 0.3) is 0 Å². The molecule has 1 radical (unpaired) electrons. The quantitative estimate of drug-likeness (QED) is 0.351. The summed E-state index contributed by atoms with van der Waals surface area (Å²) in [7, 11) is -7.76. The van der Waals surface area contributed by atoms with E-state index < -0.39 is 51.2 Å². The Hall–Kier alpha value is 0.496. The van der Waals surface area contributed by atoms with Gasteiger partial charge in [-0.15, -0.1) is 0 Å². The van der Waals surface area contributed by atoms with E-state index >= 15 is 0 Å². The van der Waals surface area contributed by atoms with Crippen LogP contribution in [0.5, 0.6) is 0 Å². The third kappa shape index (κ3) is 3.94. The average Bonchev–Trinajstić information content (AvgIpc) is 2.34. The second-order valence-corrected chi connectivity index (χ2v) is 5.82. The molecule has 0 aliphatic carbocycles. The van der Waals surface area contributed by atoms with Gasteiger partial charge in [-0.1, -0.05) is 0 Å². The maximum Gasteiger partial charge on any atom is 0.460 e. The van der Waals surface area contributed by atoms with Crippen molar-refractivity contribution in [2.24, 2.45) is 0 Å². The van der Waals surface area contributed by atoms with Crippen molar-refractivity contribution in [3.05, 3.63) is 0 Å². The van der Waals surface area contributed by atoms with E-state index in [9.17, 15) is 74.3 Å². The van der Waals surface area contributed by atoms with E-state index in [4.69, 9.17) is 4.55 Å². The molecule has 159 valence electrons. The van der Waals surface area contributed by atoms with Crippen molar-refractivity contribution in [2.45, 2.75) is 41.0 Å². The summed E-state index contributed by atoms with van der Waals surface area (Å²) in [5.74, 6) is -42.0. The third-order valence-corrected chi connectivity index (χ3v) is 3.53. The Balaban J connectivity index is 0. The van der Waals surface area contributed by atoms with Crippen LogP contribution < -0.4 is 0 Å². The van der Waals surface area contributed by atoms with Gasteiger partial charge in [0.15, 0.2) is 0 Å². The monoisotopic (exact) mass is 489 g/mol. The number of hydrogen-bond donors (Lipinski definition) is 1. The van der Waals surface area contributed by atoms with E-state index in [-0.39, 0.29) is 51.4 Å². The molecule has 0 amide bonds. The second-order valence-electron chi connectivity index (χ2n) is 4.36. The Bertz CT molecular complexity index is 651. The molecule has 1 N–H and O–H groups in total. The van der Waals surface area contributed by atoms with Crippen LogP contribution in [0, 0.1) is 0 Å². The minimum atomic E-state index is -8.60. The Labute approximate surface area is 180 Å². The summed E-state index contributed by atoms with van der Waals surface area (Å²) in [5.41, 5.74) is 0. The molecule has 0 rings (SSSR count). The zero-order valence-corrected chi connectivity index (χ0v) is 15.8. The molecule has 27 heavy (non-hydrogen) atoms. The van der Waals surface area contributed by atoms with E-state index in [0.717, 1.165) is 0 Å². The summed E-state index contributed by atoms with van der Waals surface area (Å²) in [4.78, 5) is 0. The standard InChI is InChI=1S/C7HF15O3S.K/c8-1(9,2(10,11)4(14,15)6(18,19)20)3(12,13)5(16,17)7(21,22)26(23,24)25;/h(H,23,24,25);. The zero-order chi connectivity index (χ0) is 22.0. The van der Waals surface area contributed by atoms with Crippen LogP contribution in [-0.2, 0) is 10.1 Å². The predicted molar refractivity (Wildman–Crippen MR) is 53.0 cm³/mol. The molecule has 0 heterocycles. The molecule has 0 aromatic heterocycles. The first kappa shape index (κ1) is 29.7. The van der Waals surface area contributed by atoms with E-state index in [1.807, 2.05) is 0 Å². The van der Waals surface area contributed by atoms with E-state index in [2.05, 4.69) is 0 Å². The van der Waals surface area contributed by atoms with Gasteiger partial charge in [0.2, 0.25) is 0 Å². The normalized spacial score (nSPS) is 16.1. The molecular formula is C7HF15KO3S. The molecule has 0 aliphatic rings. The van der Waals surface area contributed by atoms with Crippen molar-refractivity contribution in [2.75, 3.05) is 0 Å². The average molecular weight is 489 g/mol. The Kier molecular flexibility index (Phi) is 8.05. The van der Waals surface area contributed by atoms with Crippen molar-refractivity contribution >= 4 is 61.5 Å². The topological polar surface area (TPSA) is 54.4 Å². The van der Waals surface area contributed by atoms with Gasteiger partial charge in [-0.2, -0.15) is 74.3 Å². The number of rotatable bonds is 6. The van der Waals surface area contributed by atoms with Gasteiger partial charge in [0.25, 0.3) is 0 Å². The molecule has 0 fully saturated rings. The summed E-state index contributed by atoms with van der Waals surface area (Å²) in [6, 6.07) is 0. The van der Waals surface area contributed by atoms with Crippen LogP contribution in [0.1, 0.15) is 0 Å². The SMILES string of the molecule is O=S(=O)(O)C(F)(F)C(F)(F)C(F)(F)C(F)(F)C(F)(F)C(F)(F)C(F)(F)F.[K]. The summed E-state index contributed by atoms with van der Waals surface area (Å²) < 4.78 is 215. The fraction of sp³-hybridized carbons (Fsp3) is 1.00. The van der Waals surface area contributed by atoms with Gasteiger partial charge < -0.3 is 0 Å². The van der Waals surface area contributed by atoms with Gasteiger partial charge >= 0.3 is 51.2 Å². The van der Waals surface area contributed by atoms with Crippen LogP contribution in [0.4, 0.5) is 65.9 Å². The zero-order valence-electron chi connectivity index (χ0n) is 11.8. The maximum absolute atomic E-state index is 12.9. The number of halogens is 15. The molecule has 20 heteroatoms. The van der Waals surface area contributed by atoms with Crippen LogP contribution in [-0.4, -0.2) is 105 Å². The maximum atomic E-state index is 12.9.